The second-order valence-corrected chi connectivity index (χ2v) is 7.85. The first-order valence-electron chi connectivity index (χ1n) is 10.8. The molecule has 0 saturated carbocycles. The molecule has 0 aliphatic carbocycles. The summed E-state index contributed by atoms with van der Waals surface area (Å²) >= 11 is 0. The van der Waals surface area contributed by atoms with Gasteiger partial charge in [-0.25, -0.2) is 4.98 Å². The minimum atomic E-state index is -0.136. The van der Waals surface area contributed by atoms with Crippen molar-refractivity contribution in [2.45, 2.75) is 46.1 Å². The molecule has 0 bridgehead atoms. The number of hydrogen-bond acceptors (Lipinski definition) is 5. The third-order valence-corrected chi connectivity index (χ3v) is 5.47. The molecule has 30 heavy (non-hydrogen) atoms. The van der Waals surface area contributed by atoms with E-state index < -0.39 is 0 Å². The van der Waals surface area contributed by atoms with Crippen LogP contribution < -0.4 is 15.0 Å². The van der Waals surface area contributed by atoms with E-state index in [1.54, 1.807) is 24.3 Å². The topological polar surface area (TPSA) is 71.5 Å². The van der Waals surface area contributed by atoms with Crippen LogP contribution in [0, 0.1) is 5.92 Å². The normalized spacial score (nSPS) is 14.4. The van der Waals surface area contributed by atoms with Gasteiger partial charge in [-0.1, -0.05) is 13.0 Å². The summed E-state index contributed by atoms with van der Waals surface area (Å²) in [5, 5.41) is 2.87. The SMILES string of the molecule is CCOc1ccc(C(=O)CCC(=O)NCc2ccc(N3CCC(C)CC3)nc2)cc1. The number of rotatable bonds is 9. The van der Waals surface area contributed by atoms with Crippen LogP contribution in [0.15, 0.2) is 42.6 Å². The highest BCUT2D eigenvalue weighted by atomic mass is 16.5. The quantitative estimate of drug-likeness (QED) is 0.634. The van der Waals surface area contributed by atoms with Gasteiger partial charge in [0.15, 0.2) is 5.78 Å². The fraction of sp³-hybridized carbons (Fsp3) is 0.458. The Morgan fingerprint density at radius 2 is 1.83 bits per heavy atom. The predicted molar refractivity (Wildman–Crippen MR) is 118 cm³/mol. The predicted octanol–water partition coefficient (Wildman–Crippen LogP) is 4.00. The highest BCUT2D eigenvalue weighted by molar-refractivity contribution is 5.98. The summed E-state index contributed by atoms with van der Waals surface area (Å²) in [4.78, 5) is 31.3. The van der Waals surface area contributed by atoms with Crippen molar-refractivity contribution in [2.24, 2.45) is 5.92 Å². The van der Waals surface area contributed by atoms with Crippen molar-refractivity contribution in [1.82, 2.24) is 10.3 Å². The number of ether oxygens (including phenoxy) is 1. The molecule has 1 saturated heterocycles. The molecule has 0 spiro atoms. The maximum atomic E-state index is 12.3. The van der Waals surface area contributed by atoms with Crippen LogP contribution in [0.5, 0.6) is 5.75 Å². The zero-order valence-corrected chi connectivity index (χ0v) is 17.9. The molecule has 1 N–H and O–H groups in total. The molecule has 6 heteroatoms. The van der Waals surface area contributed by atoms with E-state index in [1.165, 1.54) is 12.8 Å². The number of carbonyl (C=O) groups excluding carboxylic acids is 2. The summed E-state index contributed by atoms with van der Waals surface area (Å²) in [5.41, 5.74) is 1.55. The van der Waals surface area contributed by atoms with Gasteiger partial charge < -0.3 is 15.0 Å². The smallest absolute Gasteiger partial charge is 0.220 e. The number of nitrogens with one attached hydrogen (secondary N) is 1. The molecule has 6 nitrogen and oxygen atoms in total. The van der Waals surface area contributed by atoms with Crippen LogP contribution in [0.3, 0.4) is 0 Å². The van der Waals surface area contributed by atoms with Crippen LogP contribution >= 0.6 is 0 Å². The number of Topliss-reactive ketones (excluding diaryl/α,β-unsaturated/α-hetero) is 1. The summed E-state index contributed by atoms with van der Waals surface area (Å²) in [7, 11) is 0. The zero-order valence-electron chi connectivity index (χ0n) is 17.9. The van der Waals surface area contributed by atoms with Gasteiger partial charge in [0.25, 0.3) is 0 Å². The first-order chi connectivity index (χ1) is 14.5. The summed E-state index contributed by atoms with van der Waals surface area (Å²) in [6, 6.07) is 11.1. The number of amides is 1. The lowest BCUT2D eigenvalue weighted by atomic mass is 9.99. The molecule has 1 aromatic heterocycles. The van der Waals surface area contributed by atoms with Crippen molar-refractivity contribution in [3.05, 3.63) is 53.7 Å². The highest BCUT2D eigenvalue weighted by Crippen LogP contribution is 2.21. The number of hydrogen-bond donors (Lipinski definition) is 1. The van der Waals surface area contributed by atoms with E-state index in [1.807, 2.05) is 25.3 Å². The van der Waals surface area contributed by atoms with Gasteiger partial charge in [0, 0.05) is 44.2 Å². The number of piperidine rings is 1. The Kier molecular flexibility index (Phi) is 7.82. The summed E-state index contributed by atoms with van der Waals surface area (Å²) < 4.78 is 5.38. The van der Waals surface area contributed by atoms with Crippen LogP contribution in [-0.4, -0.2) is 36.4 Å². The second kappa shape index (κ2) is 10.8. The fourth-order valence-electron chi connectivity index (χ4n) is 3.51. The molecule has 1 aliphatic rings. The standard InChI is InChI=1S/C24H31N3O3/c1-3-30-21-7-5-20(6-8-21)22(28)9-11-24(29)26-17-19-4-10-23(25-16-19)27-14-12-18(2)13-15-27/h4-8,10,16,18H,3,9,11-15,17H2,1-2H3,(H,26,29). The van der Waals surface area contributed by atoms with Crippen molar-refractivity contribution < 1.29 is 14.3 Å². The van der Waals surface area contributed by atoms with Crippen molar-refractivity contribution in [3.63, 3.8) is 0 Å². The number of nitrogens with zero attached hydrogens (tertiary/aromatic N) is 2. The van der Waals surface area contributed by atoms with Crippen molar-refractivity contribution >= 4 is 17.5 Å². The molecule has 1 aliphatic heterocycles. The molecule has 1 amide bonds. The molecular weight excluding hydrogens is 378 g/mol. The van der Waals surface area contributed by atoms with Crippen molar-refractivity contribution in [1.29, 1.82) is 0 Å². The van der Waals surface area contributed by atoms with E-state index in [-0.39, 0.29) is 24.5 Å². The zero-order chi connectivity index (χ0) is 21.3. The van der Waals surface area contributed by atoms with Crippen molar-refractivity contribution in [3.8, 4) is 5.75 Å². The van der Waals surface area contributed by atoms with Gasteiger partial charge in [-0.15, -0.1) is 0 Å². The molecule has 0 radical (unpaired) electrons. The number of pyridine rings is 1. The van der Waals surface area contributed by atoms with Gasteiger partial charge in [0.05, 0.1) is 6.61 Å². The van der Waals surface area contributed by atoms with E-state index >= 15 is 0 Å². The third-order valence-electron chi connectivity index (χ3n) is 5.47. The minimum absolute atomic E-state index is 0.0462. The average Bonchev–Trinajstić information content (AvgIpc) is 2.78. The molecular formula is C24H31N3O3. The summed E-state index contributed by atoms with van der Waals surface area (Å²) in [6.07, 6.45) is 4.58. The molecule has 1 aromatic carbocycles. The van der Waals surface area contributed by atoms with Crippen LogP contribution in [0.1, 0.15) is 55.5 Å². The summed E-state index contributed by atoms with van der Waals surface area (Å²) in [5.74, 6) is 2.34. The first kappa shape index (κ1) is 21.8. The van der Waals surface area contributed by atoms with Gasteiger partial charge in [-0.05, 0) is 61.6 Å². The Labute approximate surface area is 178 Å². The van der Waals surface area contributed by atoms with E-state index in [0.29, 0.717) is 18.7 Å². The maximum absolute atomic E-state index is 12.3. The van der Waals surface area contributed by atoms with Crippen molar-refractivity contribution in [2.75, 3.05) is 24.6 Å². The van der Waals surface area contributed by atoms with E-state index in [4.69, 9.17) is 4.74 Å². The van der Waals surface area contributed by atoms with Crippen LogP contribution in [0.4, 0.5) is 5.82 Å². The second-order valence-electron chi connectivity index (χ2n) is 7.85. The monoisotopic (exact) mass is 409 g/mol. The third kappa shape index (κ3) is 6.31. The maximum Gasteiger partial charge on any atom is 0.220 e. The Balaban J connectivity index is 1.40. The van der Waals surface area contributed by atoms with Gasteiger partial charge in [-0.2, -0.15) is 0 Å². The molecule has 3 rings (SSSR count). The molecule has 160 valence electrons. The van der Waals surface area contributed by atoms with Gasteiger partial charge in [-0.3, -0.25) is 9.59 Å². The first-order valence-corrected chi connectivity index (χ1v) is 10.8. The Morgan fingerprint density at radius 3 is 2.47 bits per heavy atom. The van der Waals surface area contributed by atoms with Gasteiger partial charge in [0.2, 0.25) is 5.91 Å². The lowest BCUT2D eigenvalue weighted by Crippen LogP contribution is -2.33. The number of aromatic nitrogens is 1. The Bertz CT molecular complexity index is 826. The Morgan fingerprint density at radius 1 is 1.10 bits per heavy atom. The lowest BCUT2D eigenvalue weighted by molar-refractivity contribution is -0.121. The van der Waals surface area contributed by atoms with E-state index in [0.717, 1.165) is 36.1 Å². The number of anilines is 1. The highest BCUT2D eigenvalue weighted by Gasteiger charge is 2.16. The largest absolute Gasteiger partial charge is 0.494 e. The molecule has 0 unspecified atom stereocenters. The van der Waals surface area contributed by atoms with Gasteiger partial charge in [0.1, 0.15) is 11.6 Å². The minimum Gasteiger partial charge on any atom is -0.494 e. The molecule has 2 heterocycles. The fourth-order valence-corrected chi connectivity index (χ4v) is 3.51. The van der Waals surface area contributed by atoms with E-state index in [2.05, 4.69) is 22.1 Å². The molecule has 2 aromatic rings. The number of carbonyl (C=O) groups is 2. The van der Waals surface area contributed by atoms with Crippen LogP contribution in [0.25, 0.3) is 0 Å². The van der Waals surface area contributed by atoms with Crippen LogP contribution in [0.2, 0.25) is 0 Å². The number of benzene rings is 1. The molecule has 0 atom stereocenters. The average molecular weight is 410 g/mol. The lowest BCUT2D eigenvalue weighted by Gasteiger charge is -2.31. The number of ketones is 1. The summed E-state index contributed by atoms with van der Waals surface area (Å²) in [6.45, 7) is 7.31. The molecule has 1 fully saturated rings. The Hall–Kier alpha value is -2.89. The van der Waals surface area contributed by atoms with Crippen LogP contribution in [-0.2, 0) is 11.3 Å². The van der Waals surface area contributed by atoms with Gasteiger partial charge >= 0.3 is 0 Å². The van der Waals surface area contributed by atoms with E-state index in [9.17, 15) is 9.59 Å².